The van der Waals surface area contributed by atoms with Gasteiger partial charge in [0.25, 0.3) is 0 Å². The molecule has 18 heavy (non-hydrogen) atoms. The zero-order chi connectivity index (χ0) is 12.5. The number of rotatable bonds is 7. The fourth-order valence-electron chi connectivity index (χ4n) is 1.35. The first kappa shape index (κ1) is 17.8. The second-order valence-corrected chi connectivity index (χ2v) is 4.97. The van der Waals surface area contributed by atoms with E-state index >= 15 is 0 Å². The van der Waals surface area contributed by atoms with Gasteiger partial charge < -0.3 is 16.0 Å². The second kappa shape index (κ2) is 10.7. The summed E-state index contributed by atoms with van der Waals surface area (Å²) >= 11 is 1.79. The summed E-state index contributed by atoms with van der Waals surface area (Å²) in [5.74, 6) is 2.32. The Bertz CT molecular complexity index is 272. The molecule has 7 heteroatoms. The Kier molecular flexibility index (Phi) is 10.6. The number of hydrogen-bond acceptors (Lipinski definition) is 3. The van der Waals surface area contributed by atoms with Gasteiger partial charge >= 0.3 is 0 Å². The van der Waals surface area contributed by atoms with Crippen LogP contribution in [0.3, 0.4) is 0 Å². The molecule has 0 aromatic heterocycles. The Hall–Kier alpha value is -0.180. The number of nitrogens with zero attached hydrogens (tertiary/aromatic N) is 1. The highest BCUT2D eigenvalue weighted by molar-refractivity contribution is 14.0. The Balaban J connectivity index is 0.00000289. The van der Waals surface area contributed by atoms with Gasteiger partial charge in [-0.2, -0.15) is 11.8 Å². The topological polar surface area (TPSA) is 65.5 Å². The number of thioether (sulfide) groups is 1. The summed E-state index contributed by atoms with van der Waals surface area (Å²) in [4.78, 5) is 15.4. The van der Waals surface area contributed by atoms with Crippen molar-refractivity contribution in [3.8, 4) is 0 Å². The highest BCUT2D eigenvalue weighted by atomic mass is 127. The second-order valence-electron chi connectivity index (χ2n) is 3.98. The molecular weight excluding hydrogens is 363 g/mol. The number of amides is 1. The van der Waals surface area contributed by atoms with Crippen molar-refractivity contribution < 1.29 is 4.79 Å². The summed E-state index contributed by atoms with van der Waals surface area (Å²) < 4.78 is 0. The average Bonchev–Trinajstić information content (AvgIpc) is 3.16. The van der Waals surface area contributed by atoms with Gasteiger partial charge in [-0.15, -0.1) is 24.0 Å². The van der Waals surface area contributed by atoms with Gasteiger partial charge in [0.2, 0.25) is 5.91 Å². The van der Waals surface area contributed by atoms with Crippen LogP contribution in [0.2, 0.25) is 0 Å². The molecule has 1 fully saturated rings. The number of aliphatic imine (C=N–C) groups is 1. The lowest BCUT2D eigenvalue weighted by molar-refractivity contribution is -0.122. The summed E-state index contributed by atoms with van der Waals surface area (Å²) in [6.45, 7) is 2.26. The molecule has 1 rings (SSSR count). The number of halogens is 1. The third-order valence-corrected chi connectivity index (χ3v) is 3.10. The summed E-state index contributed by atoms with van der Waals surface area (Å²) in [5.41, 5.74) is 0. The van der Waals surface area contributed by atoms with Gasteiger partial charge in [-0.05, 0) is 19.1 Å². The molecule has 0 radical (unpaired) electrons. The first-order chi connectivity index (χ1) is 8.27. The van der Waals surface area contributed by atoms with E-state index < -0.39 is 0 Å². The van der Waals surface area contributed by atoms with Crippen molar-refractivity contribution in [1.29, 1.82) is 0 Å². The quantitative estimate of drug-likeness (QED) is 0.260. The Morgan fingerprint density at radius 1 is 1.22 bits per heavy atom. The van der Waals surface area contributed by atoms with E-state index in [2.05, 4.69) is 27.2 Å². The monoisotopic (exact) mass is 386 g/mol. The molecule has 0 heterocycles. The normalized spacial score (nSPS) is 14.7. The predicted octanol–water partition coefficient (Wildman–Crippen LogP) is 0.659. The highest BCUT2D eigenvalue weighted by Crippen LogP contribution is 2.28. The van der Waals surface area contributed by atoms with E-state index in [0.29, 0.717) is 13.1 Å². The van der Waals surface area contributed by atoms with E-state index in [9.17, 15) is 4.79 Å². The molecule has 1 aliphatic rings. The molecule has 0 spiro atoms. The zero-order valence-corrected chi connectivity index (χ0v) is 14.1. The van der Waals surface area contributed by atoms with E-state index in [1.165, 1.54) is 0 Å². The molecule has 0 aromatic carbocycles. The van der Waals surface area contributed by atoms with Gasteiger partial charge in [-0.3, -0.25) is 9.79 Å². The Labute approximate surface area is 130 Å². The van der Waals surface area contributed by atoms with Gasteiger partial charge in [0, 0.05) is 38.4 Å². The fraction of sp³-hybridized carbons (Fsp3) is 0.818. The molecule has 0 aromatic rings. The number of carbonyl (C=O) groups excluding carboxylic acids is 1. The maximum Gasteiger partial charge on any atom is 0.223 e. The maximum absolute atomic E-state index is 11.3. The first-order valence-electron chi connectivity index (χ1n) is 5.99. The lowest BCUT2D eigenvalue weighted by atomic mass is 10.4. The summed E-state index contributed by atoms with van der Waals surface area (Å²) in [6, 6.07) is 0. The summed E-state index contributed by atoms with van der Waals surface area (Å²) in [5, 5.41) is 9.26. The standard InChI is InChI=1S/C11H22N4OS.HI/c1-12-11(15-7-8-17-2)14-6-5-13-10(16)9-3-4-9;/h9H,3-8H2,1-2H3,(H,13,16)(H2,12,14,15);1H. The molecule has 0 saturated heterocycles. The van der Waals surface area contributed by atoms with Crippen molar-refractivity contribution in [2.75, 3.05) is 38.7 Å². The van der Waals surface area contributed by atoms with Gasteiger partial charge in [0.1, 0.15) is 0 Å². The van der Waals surface area contributed by atoms with Gasteiger partial charge in [-0.25, -0.2) is 0 Å². The average molecular weight is 386 g/mol. The fourth-order valence-corrected chi connectivity index (χ4v) is 1.65. The summed E-state index contributed by atoms with van der Waals surface area (Å²) in [7, 11) is 1.75. The van der Waals surface area contributed by atoms with Gasteiger partial charge in [0.15, 0.2) is 5.96 Å². The lowest BCUT2D eigenvalue weighted by Crippen LogP contribution is -2.42. The minimum Gasteiger partial charge on any atom is -0.356 e. The van der Waals surface area contributed by atoms with Crippen LogP contribution in [0.15, 0.2) is 4.99 Å². The van der Waals surface area contributed by atoms with Crippen LogP contribution in [0, 0.1) is 5.92 Å². The minimum absolute atomic E-state index is 0. The smallest absolute Gasteiger partial charge is 0.223 e. The van der Waals surface area contributed by atoms with Gasteiger partial charge in [-0.1, -0.05) is 0 Å². The highest BCUT2D eigenvalue weighted by Gasteiger charge is 2.28. The van der Waals surface area contributed by atoms with E-state index in [4.69, 9.17) is 0 Å². The van der Waals surface area contributed by atoms with E-state index in [1.807, 2.05) is 0 Å². The van der Waals surface area contributed by atoms with Crippen LogP contribution >= 0.6 is 35.7 Å². The first-order valence-corrected chi connectivity index (χ1v) is 7.38. The van der Waals surface area contributed by atoms with Crippen LogP contribution < -0.4 is 16.0 Å². The van der Waals surface area contributed by atoms with Crippen LogP contribution in [0.1, 0.15) is 12.8 Å². The number of nitrogens with one attached hydrogen (secondary N) is 3. The molecule has 0 bridgehead atoms. The summed E-state index contributed by atoms with van der Waals surface area (Å²) in [6.07, 6.45) is 4.18. The van der Waals surface area contributed by atoms with Crippen LogP contribution in [0.4, 0.5) is 0 Å². The van der Waals surface area contributed by atoms with E-state index in [1.54, 1.807) is 18.8 Å². The van der Waals surface area contributed by atoms with Crippen LogP contribution in [-0.4, -0.2) is 50.6 Å². The zero-order valence-electron chi connectivity index (χ0n) is 11.0. The van der Waals surface area contributed by atoms with Crippen LogP contribution in [-0.2, 0) is 4.79 Å². The molecule has 106 valence electrons. The van der Waals surface area contributed by atoms with Crippen LogP contribution in [0.25, 0.3) is 0 Å². The number of carbonyl (C=O) groups is 1. The minimum atomic E-state index is 0. The van der Waals surface area contributed by atoms with E-state index in [0.717, 1.165) is 31.1 Å². The third-order valence-electron chi connectivity index (χ3n) is 2.49. The maximum atomic E-state index is 11.3. The van der Waals surface area contributed by atoms with Crippen LogP contribution in [0.5, 0.6) is 0 Å². The number of hydrogen-bond donors (Lipinski definition) is 3. The van der Waals surface area contributed by atoms with Crippen molar-refractivity contribution in [2.45, 2.75) is 12.8 Å². The molecule has 1 saturated carbocycles. The molecule has 0 atom stereocenters. The number of guanidine groups is 1. The Morgan fingerprint density at radius 2 is 1.83 bits per heavy atom. The van der Waals surface area contributed by atoms with Crippen molar-refractivity contribution >= 4 is 47.6 Å². The molecular formula is C11H23IN4OS. The van der Waals surface area contributed by atoms with Crippen molar-refractivity contribution in [3.63, 3.8) is 0 Å². The van der Waals surface area contributed by atoms with Crippen molar-refractivity contribution in [1.82, 2.24) is 16.0 Å². The largest absolute Gasteiger partial charge is 0.356 e. The van der Waals surface area contributed by atoms with Crippen molar-refractivity contribution in [2.24, 2.45) is 10.9 Å². The van der Waals surface area contributed by atoms with Crippen molar-refractivity contribution in [3.05, 3.63) is 0 Å². The van der Waals surface area contributed by atoms with Gasteiger partial charge in [0.05, 0.1) is 0 Å². The molecule has 1 amide bonds. The molecule has 0 aliphatic heterocycles. The molecule has 0 unspecified atom stereocenters. The molecule has 3 N–H and O–H groups in total. The SMILES string of the molecule is CN=C(NCCNC(=O)C1CC1)NCCSC.I. The lowest BCUT2D eigenvalue weighted by Gasteiger charge is -2.11. The molecule has 5 nitrogen and oxygen atoms in total. The predicted molar refractivity (Wildman–Crippen MR) is 88.9 cm³/mol. The molecule has 1 aliphatic carbocycles. The third kappa shape index (κ3) is 8.02. The van der Waals surface area contributed by atoms with E-state index in [-0.39, 0.29) is 35.8 Å². The Morgan fingerprint density at radius 3 is 2.39 bits per heavy atom.